The van der Waals surface area contributed by atoms with Crippen molar-refractivity contribution in [2.45, 2.75) is 31.6 Å². The summed E-state index contributed by atoms with van der Waals surface area (Å²) in [5, 5.41) is 3.25. The summed E-state index contributed by atoms with van der Waals surface area (Å²) < 4.78 is 0.576. The molecule has 0 aliphatic rings. The van der Waals surface area contributed by atoms with Gasteiger partial charge in [0, 0.05) is 27.2 Å². The van der Waals surface area contributed by atoms with Gasteiger partial charge < -0.3 is 16.0 Å². The summed E-state index contributed by atoms with van der Waals surface area (Å²) in [4.78, 5) is 33.3. The minimum Gasteiger partial charge on any atom is -0.342 e. The average Bonchev–Trinajstić information content (AvgIpc) is 3.17. The lowest BCUT2D eigenvalue weighted by atomic mass is 10.1. The number of hydrogen-bond donors (Lipinski definition) is 3. The second kappa shape index (κ2) is 10.6. The molecule has 31 heavy (non-hydrogen) atoms. The number of halogens is 2. The van der Waals surface area contributed by atoms with Crippen LogP contribution in [0.15, 0.2) is 40.9 Å². The number of thioether (sulfide) groups is 1. The Labute approximate surface area is 198 Å². The lowest BCUT2D eigenvalue weighted by molar-refractivity contribution is 0.0935. The first-order chi connectivity index (χ1) is 14.8. The monoisotopic (exact) mass is 522 g/mol. The van der Waals surface area contributed by atoms with E-state index >= 15 is 0 Å². The fraction of sp³-hybridized carbons (Fsp3) is 0.318. The van der Waals surface area contributed by atoms with E-state index in [1.165, 1.54) is 0 Å². The van der Waals surface area contributed by atoms with E-state index in [1.54, 1.807) is 42.1 Å². The van der Waals surface area contributed by atoms with Crippen LogP contribution in [0.5, 0.6) is 0 Å². The molecular weight excluding hydrogens is 500 g/mol. The molecule has 0 fully saturated rings. The van der Waals surface area contributed by atoms with Crippen molar-refractivity contribution in [3.8, 4) is 0 Å². The van der Waals surface area contributed by atoms with Gasteiger partial charge in [-0.1, -0.05) is 34.5 Å². The number of Topliss-reactive ketones (excluding diaryl/α,β-unsaturated/α-hetero) is 1. The molecule has 3 rings (SSSR count). The predicted octanol–water partition coefficient (Wildman–Crippen LogP) is 5.12. The van der Waals surface area contributed by atoms with Crippen LogP contribution in [-0.2, 0) is 0 Å². The highest BCUT2D eigenvalue weighted by Crippen LogP contribution is 2.25. The Morgan fingerprint density at radius 2 is 2.06 bits per heavy atom. The summed E-state index contributed by atoms with van der Waals surface area (Å²) in [7, 11) is 0. The minimum absolute atomic E-state index is 0.0333. The largest absolute Gasteiger partial charge is 0.342 e. The highest BCUT2D eigenvalue weighted by atomic mass is 79.9. The maximum atomic E-state index is 12.8. The molecule has 0 aliphatic carbocycles. The number of aromatic amines is 1. The smallest absolute Gasteiger partial charge is 0.251 e. The Morgan fingerprint density at radius 1 is 1.29 bits per heavy atom. The van der Waals surface area contributed by atoms with Gasteiger partial charge in [-0.3, -0.25) is 9.59 Å². The van der Waals surface area contributed by atoms with Gasteiger partial charge in [0.2, 0.25) is 0 Å². The van der Waals surface area contributed by atoms with Gasteiger partial charge in [-0.15, -0.1) is 11.8 Å². The van der Waals surface area contributed by atoms with Gasteiger partial charge in [-0.05, 0) is 55.5 Å². The molecule has 2 aromatic carbocycles. The first kappa shape index (κ1) is 23.8. The van der Waals surface area contributed by atoms with Crippen LogP contribution in [0.3, 0.4) is 0 Å². The van der Waals surface area contributed by atoms with Gasteiger partial charge in [0.1, 0.15) is 5.82 Å². The first-order valence-electron chi connectivity index (χ1n) is 9.95. The van der Waals surface area contributed by atoms with Crippen molar-refractivity contribution in [3.05, 3.63) is 62.8 Å². The molecule has 0 saturated heterocycles. The number of nitrogens with one attached hydrogen (secondary N) is 2. The van der Waals surface area contributed by atoms with Gasteiger partial charge in [-0.25, -0.2) is 4.98 Å². The van der Waals surface area contributed by atoms with E-state index in [1.807, 2.05) is 13.0 Å². The zero-order chi connectivity index (χ0) is 22.5. The molecule has 0 aliphatic heterocycles. The highest BCUT2D eigenvalue weighted by molar-refractivity contribution is 9.10. The molecule has 0 spiro atoms. The number of carbonyl (C=O) groups excluding carboxylic acids is 2. The Hall–Kier alpha value is -1.87. The number of nitrogens with zero attached hydrogens (tertiary/aromatic N) is 1. The predicted molar refractivity (Wildman–Crippen MR) is 131 cm³/mol. The number of amides is 1. The lowest BCUT2D eigenvalue weighted by Crippen LogP contribution is -2.28. The van der Waals surface area contributed by atoms with Crippen molar-refractivity contribution in [3.63, 3.8) is 0 Å². The number of fused-ring (bicyclic) bond motifs is 1. The number of rotatable bonds is 9. The lowest BCUT2D eigenvalue weighted by Gasteiger charge is -2.15. The summed E-state index contributed by atoms with van der Waals surface area (Å²) in [6.07, 6.45) is 0.977. The van der Waals surface area contributed by atoms with Crippen LogP contribution >= 0.6 is 39.3 Å². The molecule has 6 nitrogen and oxygen atoms in total. The van der Waals surface area contributed by atoms with Crippen LogP contribution in [0.25, 0.3) is 11.0 Å². The van der Waals surface area contributed by atoms with Crippen LogP contribution < -0.4 is 11.1 Å². The van der Waals surface area contributed by atoms with Crippen molar-refractivity contribution in [1.82, 2.24) is 15.3 Å². The van der Waals surface area contributed by atoms with Crippen LogP contribution in [-0.4, -0.2) is 39.2 Å². The fourth-order valence-electron chi connectivity index (χ4n) is 3.10. The molecule has 1 aromatic heterocycles. The maximum Gasteiger partial charge on any atom is 0.251 e. The minimum atomic E-state index is -0.342. The third kappa shape index (κ3) is 5.68. The second-order valence-corrected chi connectivity index (χ2v) is 9.73. The highest BCUT2D eigenvalue weighted by Gasteiger charge is 2.22. The van der Waals surface area contributed by atoms with E-state index in [-0.39, 0.29) is 29.5 Å². The number of carbonyl (C=O) groups is 2. The standard InChI is InChI=1S/C22H24BrClN4O2S/c1-3-8-31-19(11-25)20(29)15-6-4-13(9-16(15)23)22(30)26-12(2)21-27-17-7-5-14(24)10-18(17)28-21/h4-7,9-10,12,19H,3,8,11,25H2,1-2H3,(H,26,30)(H,27,28)/t12-,19?/m0/s1. The van der Waals surface area contributed by atoms with Crippen LogP contribution in [0, 0.1) is 0 Å². The van der Waals surface area contributed by atoms with Gasteiger partial charge in [0.15, 0.2) is 5.78 Å². The van der Waals surface area contributed by atoms with Crippen LogP contribution in [0.4, 0.5) is 0 Å². The normalized spacial score (nSPS) is 13.2. The first-order valence-corrected chi connectivity index (χ1v) is 12.2. The van der Waals surface area contributed by atoms with E-state index in [2.05, 4.69) is 38.1 Å². The Morgan fingerprint density at radius 3 is 2.74 bits per heavy atom. The zero-order valence-corrected chi connectivity index (χ0v) is 20.4. The molecule has 1 amide bonds. The van der Waals surface area contributed by atoms with Crippen molar-refractivity contribution in [2.24, 2.45) is 5.73 Å². The topological polar surface area (TPSA) is 101 Å². The quantitative estimate of drug-likeness (QED) is 0.338. The fourth-order valence-corrected chi connectivity index (χ4v) is 4.78. The molecule has 0 bridgehead atoms. The molecule has 3 aromatic rings. The number of imidazole rings is 1. The number of benzene rings is 2. The van der Waals surface area contributed by atoms with Crippen molar-refractivity contribution in [1.29, 1.82) is 0 Å². The molecule has 2 atom stereocenters. The molecule has 4 N–H and O–H groups in total. The number of ketones is 1. The Bertz CT molecular complexity index is 1100. The Kier molecular flexibility index (Phi) is 8.16. The van der Waals surface area contributed by atoms with Crippen molar-refractivity contribution < 1.29 is 9.59 Å². The van der Waals surface area contributed by atoms with Gasteiger partial charge in [0.05, 0.1) is 22.3 Å². The molecular formula is C22H24BrClN4O2S. The van der Waals surface area contributed by atoms with E-state index in [4.69, 9.17) is 17.3 Å². The Balaban J connectivity index is 1.72. The van der Waals surface area contributed by atoms with E-state index < -0.39 is 0 Å². The molecule has 0 saturated carbocycles. The molecule has 164 valence electrons. The number of nitrogens with two attached hydrogens (primary N) is 1. The van der Waals surface area contributed by atoms with Crippen molar-refractivity contribution >= 4 is 62.0 Å². The number of aromatic nitrogens is 2. The summed E-state index contributed by atoms with van der Waals surface area (Å²) in [5.74, 6) is 1.21. The number of H-pyrrole nitrogens is 1. The molecule has 0 radical (unpaired) electrons. The van der Waals surface area contributed by atoms with Crippen LogP contribution in [0.1, 0.15) is 52.9 Å². The zero-order valence-electron chi connectivity index (χ0n) is 17.2. The maximum absolute atomic E-state index is 12.8. The second-order valence-electron chi connectivity index (χ2n) is 7.13. The summed E-state index contributed by atoms with van der Waals surface area (Å²) >= 11 is 11.0. The van der Waals surface area contributed by atoms with E-state index in [0.717, 1.165) is 23.2 Å². The summed E-state index contributed by atoms with van der Waals surface area (Å²) in [6.45, 7) is 4.19. The van der Waals surface area contributed by atoms with Gasteiger partial charge in [0.25, 0.3) is 5.91 Å². The number of hydrogen-bond acceptors (Lipinski definition) is 5. The SMILES string of the molecule is CCCSC(CN)C(=O)c1ccc(C(=O)N[C@@H](C)c2nc3ccc(Cl)cc3[nH]2)cc1Br. The van der Waals surface area contributed by atoms with Gasteiger partial charge in [-0.2, -0.15) is 0 Å². The summed E-state index contributed by atoms with van der Waals surface area (Å²) in [6, 6.07) is 10.0. The molecule has 9 heteroatoms. The van der Waals surface area contributed by atoms with Gasteiger partial charge >= 0.3 is 0 Å². The summed E-state index contributed by atoms with van der Waals surface area (Å²) in [5.41, 5.74) is 8.35. The van der Waals surface area contributed by atoms with E-state index in [9.17, 15) is 9.59 Å². The third-order valence-electron chi connectivity index (χ3n) is 4.75. The average molecular weight is 524 g/mol. The third-order valence-corrected chi connectivity index (χ3v) is 7.09. The molecule has 1 unspecified atom stereocenters. The van der Waals surface area contributed by atoms with Crippen molar-refractivity contribution in [2.75, 3.05) is 12.3 Å². The van der Waals surface area contributed by atoms with E-state index in [0.29, 0.717) is 26.4 Å². The molecule has 1 heterocycles. The van der Waals surface area contributed by atoms with Crippen LogP contribution in [0.2, 0.25) is 5.02 Å².